The van der Waals surface area contributed by atoms with E-state index in [0.29, 0.717) is 11.5 Å². The van der Waals surface area contributed by atoms with Gasteiger partial charge in [-0.1, -0.05) is 44.2 Å². The van der Waals surface area contributed by atoms with Gasteiger partial charge in [-0.25, -0.2) is 14.6 Å². The summed E-state index contributed by atoms with van der Waals surface area (Å²) in [5.74, 6) is 0.357. The minimum atomic E-state index is -1.11. The van der Waals surface area contributed by atoms with Crippen molar-refractivity contribution >= 4 is 12.1 Å². The molecule has 0 bridgehead atoms. The molecule has 0 aliphatic heterocycles. The summed E-state index contributed by atoms with van der Waals surface area (Å²) in [6.07, 6.45) is 1.95. The SMILES string of the molecule is CC(C)(C)OC(=O)NC1(Oc2ccc(C(C)(C)c3ccc(Oc4cccc(C(=O)O)n4)cc3)cc2)CCC1. The molecule has 38 heavy (non-hydrogen) atoms. The summed E-state index contributed by atoms with van der Waals surface area (Å²) in [4.78, 5) is 27.5. The van der Waals surface area contributed by atoms with Gasteiger partial charge in [-0.05, 0) is 68.7 Å². The smallest absolute Gasteiger partial charge is 0.410 e. The van der Waals surface area contributed by atoms with Gasteiger partial charge in [0, 0.05) is 24.3 Å². The molecule has 1 aromatic heterocycles. The third-order valence-corrected chi connectivity index (χ3v) is 6.52. The van der Waals surface area contributed by atoms with Crippen molar-refractivity contribution in [1.29, 1.82) is 0 Å². The van der Waals surface area contributed by atoms with Gasteiger partial charge in [0.05, 0.1) is 0 Å². The summed E-state index contributed by atoms with van der Waals surface area (Å²) in [5, 5.41) is 12.0. The first-order valence-electron chi connectivity index (χ1n) is 12.6. The molecule has 0 unspecified atom stereocenters. The van der Waals surface area contributed by atoms with Crippen LogP contribution in [-0.4, -0.2) is 33.5 Å². The summed E-state index contributed by atoms with van der Waals surface area (Å²) in [6.45, 7) is 9.76. The Balaban J connectivity index is 1.42. The number of carbonyl (C=O) groups excluding carboxylic acids is 1. The van der Waals surface area contributed by atoms with Gasteiger partial charge in [-0.2, -0.15) is 0 Å². The molecule has 1 aliphatic carbocycles. The van der Waals surface area contributed by atoms with Crippen LogP contribution in [0, 0.1) is 0 Å². The zero-order valence-corrected chi connectivity index (χ0v) is 22.4. The number of aromatic nitrogens is 1. The lowest BCUT2D eigenvalue weighted by atomic mass is 9.78. The zero-order chi connectivity index (χ0) is 27.6. The number of carbonyl (C=O) groups is 2. The Kier molecular flexibility index (Phi) is 7.35. The average Bonchev–Trinajstić information content (AvgIpc) is 2.82. The van der Waals surface area contributed by atoms with E-state index in [1.54, 1.807) is 12.1 Å². The normalized spacial score (nSPS) is 14.7. The van der Waals surface area contributed by atoms with Gasteiger partial charge in [0.2, 0.25) is 5.88 Å². The maximum Gasteiger partial charge on any atom is 0.410 e. The molecule has 1 aliphatic rings. The largest absolute Gasteiger partial charge is 0.477 e. The van der Waals surface area contributed by atoms with Gasteiger partial charge < -0.3 is 19.3 Å². The van der Waals surface area contributed by atoms with Crippen molar-refractivity contribution in [2.45, 2.75) is 70.6 Å². The molecule has 0 atom stereocenters. The number of amides is 1. The fourth-order valence-corrected chi connectivity index (χ4v) is 4.22. The number of aromatic carboxylic acids is 1. The molecule has 3 aromatic rings. The van der Waals surface area contributed by atoms with Crippen molar-refractivity contribution in [3.05, 3.63) is 83.6 Å². The number of alkyl carbamates (subject to hydrolysis) is 1. The number of hydrogen-bond acceptors (Lipinski definition) is 6. The van der Waals surface area contributed by atoms with Crippen LogP contribution >= 0.6 is 0 Å². The Morgan fingerprint density at radius 3 is 1.95 bits per heavy atom. The number of benzene rings is 2. The van der Waals surface area contributed by atoms with Crippen LogP contribution in [0.3, 0.4) is 0 Å². The van der Waals surface area contributed by atoms with Crippen LogP contribution in [0.15, 0.2) is 66.7 Å². The predicted molar refractivity (Wildman–Crippen MR) is 143 cm³/mol. The summed E-state index contributed by atoms with van der Waals surface area (Å²) in [7, 11) is 0. The zero-order valence-electron chi connectivity index (χ0n) is 22.4. The van der Waals surface area contributed by atoms with Crippen LogP contribution in [0.1, 0.15) is 75.5 Å². The van der Waals surface area contributed by atoms with Crippen LogP contribution in [-0.2, 0) is 10.2 Å². The molecule has 0 spiro atoms. The fraction of sp³-hybridized carbons (Fsp3) is 0.367. The molecule has 1 fully saturated rings. The molecular weight excluding hydrogens is 484 g/mol. The fourth-order valence-electron chi connectivity index (χ4n) is 4.22. The molecule has 2 N–H and O–H groups in total. The Morgan fingerprint density at radius 2 is 1.45 bits per heavy atom. The topological polar surface area (TPSA) is 107 Å². The molecule has 4 rings (SSSR count). The summed E-state index contributed by atoms with van der Waals surface area (Å²) < 4.78 is 17.4. The molecular formula is C30H34N2O6. The highest BCUT2D eigenvalue weighted by molar-refractivity contribution is 5.85. The van der Waals surface area contributed by atoms with E-state index >= 15 is 0 Å². The quantitative estimate of drug-likeness (QED) is 0.320. The lowest BCUT2D eigenvalue weighted by Gasteiger charge is -2.42. The number of nitrogens with zero attached hydrogens (tertiary/aromatic N) is 1. The van der Waals surface area contributed by atoms with E-state index in [4.69, 9.17) is 19.3 Å². The lowest BCUT2D eigenvalue weighted by molar-refractivity contribution is -0.0458. The highest BCUT2D eigenvalue weighted by atomic mass is 16.6. The molecule has 0 saturated heterocycles. The minimum Gasteiger partial charge on any atom is -0.477 e. The number of ether oxygens (including phenoxy) is 3. The third kappa shape index (κ3) is 6.43. The molecule has 2 aromatic carbocycles. The standard InChI is InChI=1S/C30H34N2O6/c1-28(2,3)38-27(35)32-30(18-7-19-30)37-23-16-12-21(13-17-23)29(4,5)20-10-14-22(15-11-20)36-25-9-6-8-24(31-25)26(33)34/h6,8-17H,7,18-19H2,1-5H3,(H,32,35)(H,33,34). The summed E-state index contributed by atoms with van der Waals surface area (Å²) >= 11 is 0. The van der Waals surface area contributed by atoms with Crippen LogP contribution in [0.5, 0.6) is 17.4 Å². The van der Waals surface area contributed by atoms with Crippen molar-refractivity contribution in [3.8, 4) is 17.4 Å². The third-order valence-electron chi connectivity index (χ3n) is 6.52. The van der Waals surface area contributed by atoms with E-state index in [1.165, 1.54) is 6.07 Å². The molecule has 8 nitrogen and oxygen atoms in total. The van der Waals surface area contributed by atoms with Crippen LogP contribution in [0.2, 0.25) is 0 Å². The van der Waals surface area contributed by atoms with Gasteiger partial charge in [0.25, 0.3) is 0 Å². The second-order valence-electron chi connectivity index (χ2n) is 11.0. The van der Waals surface area contributed by atoms with Gasteiger partial charge in [0.15, 0.2) is 11.4 Å². The highest BCUT2D eigenvalue weighted by Crippen LogP contribution is 2.37. The molecule has 1 heterocycles. The number of nitrogens with one attached hydrogen (secondary N) is 1. The Morgan fingerprint density at radius 1 is 0.868 bits per heavy atom. The number of pyridine rings is 1. The molecule has 200 valence electrons. The van der Waals surface area contributed by atoms with Crippen molar-refractivity contribution in [2.24, 2.45) is 0 Å². The van der Waals surface area contributed by atoms with Crippen LogP contribution in [0.4, 0.5) is 4.79 Å². The first-order valence-corrected chi connectivity index (χ1v) is 12.6. The minimum absolute atomic E-state index is 0.0727. The van der Waals surface area contributed by atoms with Crippen molar-refractivity contribution < 1.29 is 28.9 Å². The van der Waals surface area contributed by atoms with Gasteiger partial charge in [0.1, 0.15) is 17.1 Å². The van der Waals surface area contributed by atoms with Gasteiger partial charge in [-0.15, -0.1) is 0 Å². The molecule has 1 amide bonds. The van der Waals surface area contributed by atoms with E-state index in [1.807, 2.05) is 69.3 Å². The highest BCUT2D eigenvalue weighted by Gasteiger charge is 2.42. The Labute approximate surface area is 223 Å². The predicted octanol–water partition coefficient (Wildman–Crippen LogP) is 6.68. The lowest BCUT2D eigenvalue weighted by Crippen LogP contribution is -2.58. The van der Waals surface area contributed by atoms with E-state index in [0.717, 1.165) is 30.4 Å². The summed E-state index contributed by atoms with van der Waals surface area (Å²) in [5.41, 5.74) is 0.478. The second-order valence-corrected chi connectivity index (χ2v) is 11.0. The number of carboxylic acid groups (broad SMARTS) is 1. The first kappa shape index (κ1) is 27.0. The van der Waals surface area contributed by atoms with E-state index < -0.39 is 23.4 Å². The van der Waals surface area contributed by atoms with E-state index in [2.05, 4.69) is 24.1 Å². The maximum absolute atomic E-state index is 12.3. The molecule has 0 radical (unpaired) electrons. The van der Waals surface area contributed by atoms with Gasteiger partial charge in [-0.3, -0.25) is 5.32 Å². The van der Waals surface area contributed by atoms with Gasteiger partial charge >= 0.3 is 12.1 Å². The van der Waals surface area contributed by atoms with Crippen molar-refractivity contribution in [1.82, 2.24) is 10.3 Å². The van der Waals surface area contributed by atoms with Crippen LogP contribution < -0.4 is 14.8 Å². The molecule has 8 heteroatoms. The average molecular weight is 519 g/mol. The Bertz CT molecular complexity index is 1290. The van der Waals surface area contributed by atoms with Crippen LogP contribution in [0.25, 0.3) is 0 Å². The monoisotopic (exact) mass is 518 g/mol. The van der Waals surface area contributed by atoms with E-state index in [-0.39, 0.29) is 17.0 Å². The number of hydrogen-bond donors (Lipinski definition) is 2. The second kappa shape index (κ2) is 10.4. The summed E-state index contributed by atoms with van der Waals surface area (Å²) in [6, 6.07) is 20.2. The van der Waals surface area contributed by atoms with Crippen molar-refractivity contribution in [3.63, 3.8) is 0 Å². The number of rotatable bonds is 8. The Hall–Kier alpha value is -4.07. The first-order chi connectivity index (χ1) is 17.9. The molecule has 1 saturated carbocycles. The van der Waals surface area contributed by atoms with Crippen molar-refractivity contribution in [2.75, 3.05) is 0 Å². The maximum atomic E-state index is 12.3. The number of carboxylic acids is 1. The van der Waals surface area contributed by atoms with E-state index in [9.17, 15) is 9.59 Å².